The van der Waals surface area contributed by atoms with Crippen LogP contribution < -0.4 is 10.6 Å². The van der Waals surface area contributed by atoms with E-state index in [-0.39, 0.29) is 11.9 Å². The largest absolute Gasteiger partial charge is 0.355 e. The zero-order valence-electron chi connectivity index (χ0n) is 9.88. The van der Waals surface area contributed by atoms with Gasteiger partial charge in [0.25, 0.3) is 0 Å². The Bertz CT molecular complexity index is 165. The summed E-state index contributed by atoms with van der Waals surface area (Å²) in [5.74, 6) is 0.623. The van der Waals surface area contributed by atoms with E-state index in [1.54, 1.807) is 0 Å². The fraction of sp³-hybridized carbons (Fsp3) is 0.909. The standard InChI is InChI=1S/C11H24N2OS/c1-3-5-6-7-8-13-11(14)10(9-15)12-4-2/h10,12,15H,3-9H2,1-2H3,(H,13,14)/t10-/m0/s1. The number of unbranched alkanes of at least 4 members (excludes halogenated alkanes) is 3. The first-order valence-electron chi connectivity index (χ1n) is 5.88. The summed E-state index contributed by atoms with van der Waals surface area (Å²) in [6.45, 7) is 5.76. The van der Waals surface area contributed by atoms with Gasteiger partial charge >= 0.3 is 0 Å². The van der Waals surface area contributed by atoms with E-state index in [1.165, 1.54) is 19.3 Å². The van der Waals surface area contributed by atoms with Gasteiger partial charge in [-0.05, 0) is 13.0 Å². The van der Waals surface area contributed by atoms with Crippen molar-refractivity contribution in [1.29, 1.82) is 0 Å². The first-order valence-corrected chi connectivity index (χ1v) is 6.51. The Morgan fingerprint density at radius 1 is 1.27 bits per heavy atom. The second-order valence-corrected chi connectivity index (χ2v) is 4.01. The second kappa shape index (κ2) is 10.3. The average Bonchev–Trinajstić information content (AvgIpc) is 2.25. The molecule has 2 N–H and O–H groups in total. The molecule has 15 heavy (non-hydrogen) atoms. The topological polar surface area (TPSA) is 41.1 Å². The van der Waals surface area contributed by atoms with Crippen LogP contribution >= 0.6 is 12.6 Å². The molecular formula is C11H24N2OS. The first kappa shape index (κ1) is 14.8. The number of likely N-dealkylation sites (N-methyl/N-ethyl adjacent to an activating group) is 1. The van der Waals surface area contributed by atoms with E-state index >= 15 is 0 Å². The summed E-state index contributed by atoms with van der Waals surface area (Å²) in [5, 5.41) is 6.02. The molecule has 0 spiro atoms. The van der Waals surface area contributed by atoms with Gasteiger partial charge in [-0.1, -0.05) is 33.1 Å². The molecule has 0 unspecified atom stereocenters. The zero-order valence-corrected chi connectivity index (χ0v) is 10.8. The van der Waals surface area contributed by atoms with Crippen LogP contribution in [0.25, 0.3) is 0 Å². The molecule has 90 valence electrons. The summed E-state index contributed by atoms with van der Waals surface area (Å²) in [4.78, 5) is 11.6. The SMILES string of the molecule is CCCCCCNC(=O)[C@H](CS)NCC. The highest BCUT2D eigenvalue weighted by molar-refractivity contribution is 7.80. The van der Waals surface area contributed by atoms with Crippen LogP contribution in [0.15, 0.2) is 0 Å². The molecule has 0 aromatic rings. The molecule has 0 heterocycles. The van der Waals surface area contributed by atoms with Crippen molar-refractivity contribution in [1.82, 2.24) is 10.6 Å². The normalized spacial score (nSPS) is 12.5. The number of carbonyl (C=O) groups excluding carboxylic acids is 1. The van der Waals surface area contributed by atoms with Crippen LogP contribution in [0.1, 0.15) is 39.5 Å². The first-order chi connectivity index (χ1) is 7.26. The number of hydrogen-bond acceptors (Lipinski definition) is 3. The number of amides is 1. The Labute approximate surface area is 98.8 Å². The van der Waals surface area contributed by atoms with Gasteiger partial charge in [0.2, 0.25) is 5.91 Å². The maximum atomic E-state index is 11.6. The van der Waals surface area contributed by atoms with Crippen LogP contribution in [-0.4, -0.2) is 30.8 Å². The predicted molar refractivity (Wildman–Crippen MR) is 68.5 cm³/mol. The van der Waals surface area contributed by atoms with E-state index < -0.39 is 0 Å². The van der Waals surface area contributed by atoms with Crippen LogP contribution in [0.2, 0.25) is 0 Å². The summed E-state index contributed by atoms with van der Waals surface area (Å²) in [6.07, 6.45) is 4.75. The van der Waals surface area contributed by atoms with Gasteiger partial charge in [0.15, 0.2) is 0 Å². The highest BCUT2D eigenvalue weighted by atomic mass is 32.1. The average molecular weight is 232 g/mol. The number of rotatable bonds is 9. The van der Waals surface area contributed by atoms with Gasteiger partial charge in [-0.15, -0.1) is 0 Å². The number of nitrogens with one attached hydrogen (secondary N) is 2. The Hall–Kier alpha value is -0.220. The van der Waals surface area contributed by atoms with E-state index in [0.29, 0.717) is 5.75 Å². The van der Waals surface area contributed by atoms with E-state index in [1.807, 2.05) is 6.92 Å². The van der Waals surface area contributed by atoms with Gasteiger partial charge < -0.3 is 10.6 Å². The van der Waals surface area contributed by atoms with Gasteiger partial charge in [0.1, 0.15) is 0 Å². The van der Waals surface area contributed by atoms with Crippen LogP contribution in [-0.2, 0) is 4.79 Å². The monoisotopic (exact) mass is 232 g/mol. The molecule has 1 atom stereocenters. The summed E-state index contributed by atoms with van der Waals surface area (Å²) in [6, 6.07) is -0.149. The maximum absolute atomic E-state index is 11.6. The smallest absolute Gasteiger partial charge is 0.237 e. The molecule has 0 aromatic heterocycles. The molecule has 0 saturated heterocycles. The molecule has 4 heteroatoms. The highest BCUT2D eigenvalue weighted by Gasteiger charge is 2.13. The Balaban J connectivity index is 3.53. The third kappa shape index (κ3) is 7.68. The minimum Gasteiger partial charge on any atom is -0.355 e. The Kier molecular flexibility index (Phi) is 10.2. The molecule has 0 saturated carbocycles. The highest BCUT2D eigenvalue weighted by Crippen LogP contribution is 1.97. The Morgan fingerprint density at radius 3 is 2.53 bits per heavy atom. The van der Waals surface area contributed by atoms with Crippen molar-refractivity contribution in [2.75, 3.05) is 18.8 Å². The fourth-order valence-electron chi connectivity index (χ4n) is 1.37. The molecule has 0 aliphatic heterocycles. The minimum absolute atomic E-state index is 0.0725. The van der Waals surface area contributed by atoms with Crippen LogP contribution in [0, 0.1) is 0 Å². The van der Waals surface area contributed by atoms with E-state index in [2.05, 4.69) is 30.2 Å². The molecule has 3 nitrogen and oxygen atoms in total. The van der Waals surface area contributed by atoms with Gasteiger partial charge in [-0.2, -0.15) is 12.6 Å². The van der Waals surface area contributed by atoms with Crippen LogP contribution in [0.4, 0.5) is 0 Å². The number of carbonyl (C=O) groups is 1. The lowest BCUT2D eigenvalue weighted by atomic mass is 10.2. The molecule has 0 fully saturated rings. The maximum Gasteiger partial charge on any atom is 0.237 e. The van der Waals surface area contributed by atoms with E-state index in [4.69, 9.17) is 0 Å². The van der Waals surface area contributed by atoms with Gasteiger partial charge in [0, 0.05) is 12.3 Å². The lowest BCUT2D eigenvalue weighted by molar-refractivity contribution is -0.122. The summed E-state index contributed by atoms with van der Waals surface area (Å²) in [5.41, 5.74) is 0. The Morgan fingerprint density at radius 2 is 2.00 bits per heavy atom. The molecule has 1 amide bonds. The van der Waals surface area contributed by atoms with Crippen molar-refractivity contribution in [3.63, 3.8) is 0 Å². The third-order valence-electron chi connectivity index (χ3n) is 2.28. The quantitative estimate of drug-likeness (QED) is 0.417. The lowest BCUT2D eigenvalue weighted by Gasteiger charge is -2.14. The van der Waals surface area contributed by atoms with Crippen molar-refractivity contribution in [2.24, 2.45) is 0 Å². The predicted octanol–water partition coefficient (Wildman–Crippen LogP) is 1.59. The number of thiol groups is 1. The number of hydrogen-bond donors (Lipinski definition) is 3. The van der Waals surface area contributed by atoms with E-state index in [0.717, 1.165) is 19.5 Å². The molecular weight excluding hydrogens is 208 g/mol. The summed E-state index contributed by atoms with van der Waals surface area (Å²) >= 11 is 4.14. The summed E-state index contributed by atoms with van der Waals surface area (Å²) in [7, 11) is 0. The zero-order chi connectivity index (χ0) is 11.5. The van der Waals surface area contributed by atoms with Crippen molar-refractivity contribution in [3.05, 3.63) is 0 Å². The second-order valence-electron chi connectivity index (χ2n) is 3.64. The third-order valence-corrected chi connectivity index (χ3v) is 2.64. The minimum atomic E-state index is -0.149. The lowest BCUT2D eigenvalue weighted by Crippen LogP contribution is -2.45. The van der Waals surface area contributed by atoms with Gasteiger partial charge in [0.05, 0.1) is 6.04 Å². The van der Waals surface area contributed by atoms with Crippen LogP contribution in [0.5, 0.6) is 0 Å². The van der Waals surface area contributed by atoms with Crippen molar-refractivity contribution >= 4 is 18.5 Å². The van der Waals surface area contributed by atoms with Crippen molar-refractivity contribution in [3.8, 4) is 0 Å². The van der Waals surface area contributed by atoms with Crippen molar-refractivity contribution < 1.29 is 4.79 Å². The molecule has 0 aromatic carbocycles. The molecule has 0 radical (unpaired) electrons. The molecule has 0 aliphatic rings. The van der Waals surface area contributed by atoms with Crippen molar-refractivity contribution in [2.45, 2.75) is 45.6 Å². The van der Waals surface area contributed by atoms with Gasteiger partial charge in [-0.3, -0.25) is 4.79 Å². The summed E-state index contributed by atoms with van der Waals surface area (Å²) < 4.78 is 0. The van der Waals surface area contributed by atoms with Gasteiger partial charge in [-0.25, -0.2) is 0 Å². The molecule has 0 bridgehead atoms. The van der Waals surface area contributed by atoms with E-state index in [9.17, 15) is 4.79 Å². The molecule has 0 rings (SSSR count). The van der Waals surface area contributed by atoms with Crippen LogP contribution in [0.3, 0.4) is 0 Å². The fourth-order valence-corrected chi connectivity index (χ4v) is 1.67. The molecule has 0 aliphatic carbocycles.